The summed E-state index contributed by atoms with van der Waals surface area (Å²) in [6.07, 6.45) is 5.53. The number of rotatable bonds is 11. The van der Waals surface area contributed by atoms with Gasteiger partial charge in [-0.25, -0.2) is 8.42 Å². The first-order chi connectivity index (χ1) is 19.7. The van der Waals surface area contributed by atoms with Gasteiger partial charge in [-0.05, 0) is 62.1 Å². The highest BCUT2D eigenvalue weighted by Crippen LogP contribution is 2.27. The third-order valence-corrected chi connectivity index (χ3v) is 9.54. The highest BCUT2D eigenvalue weighted by atomic mass is 35.5. The Labute approximate surface area is 248 Å². The normalized spacial score (nSPS) is 14.7. The summed E-state index contributed by atoms with van der Waals surface area (Å²) in [6.45, 7) is 3.54. The monoisotopic (exact) mass is 595 g/mol. The number of nitrogens with one attached hydrogen (secondary N) is 1. The first-order valence-electron chi connectivity index (χ1n) is 14.2. The lowest BCUT2D eigenvalue weighted by Gasteiger charge is -2.34. The fourth-order valence-corrected chi connectivity index (χ4v) is 6.85. The topological polar surface area (TPSA) is 86.8 Å². The highest BCUT2D eigenvalue weighted by Gasteiger charge is 2.34. The zero-order valence-corrected chi connectivity index (χ0v) is 25.2. The predicted molar refractivity (Wildman–Crippen MR) is 163 cm³/mol. The molecule has 0 spiro atoms. The van der Waals surface area contributed by atoms with Crippen LogP contribution in [0.5, 0.6) is 0 Å². The molecule has 3 aromatic rings. The van der Waals surface area contributed by atoms with Crippen LogP contribution in [0.15, 0.2) is 83.8 Å². The number of sulfonamides is 1. The highest BCUT2D eigenvalue weighted by molar-refractivity contribution is 7.92. The molecule has 9 heteroatoms. The van der Waals surface area contributed by atoms with E-state index < -0.39 is 28.5 Å². The number of aryl methyl sites for hydroxylation is 1. The van der Waals surface area contributed by atoms with Gasteiger partial charge < -0.3 is 10.2 Å². The van der Waals surface area contributed by atoms with Crippen LogP contribution in [0, 0.1) is 6.92 Å². The first kappa shape index (κ1) is 30.6. The molecule has 3 aromatic carbocycles. The molecule has 1 saturated carbocycles. The van der Waals surface area contributed by atoms with E-state index in [4.69, 9.17) is 11.6 Å². The van der Waals surface area contributed by atoms with E-state index in [1.165, 1.54) is 23.1 Å². The fraction of sp³-hybridized carbons (Fsp3) is 0.375. The molecule has 0 unspecified atom stereocenters. The quantitative estimate of drug-likeness (QED) is 0.290. The van der Waals surface area contributed by atoms with Crippen LogP contribution >= 0.6 is 11.6 Å². The van der Waals surface area contributed by atoms with Gasteiger partial charge in [-0.3, -0.25) is 13.9 Å². The maximum absolute atomic E-state index is 14.2. The number of hydrogen-bond donors (Lipinski definition) is 1. The average molecular weight is 596 g/mol. The van der Waals surface area contributed by atoms with Crippen molar-refractivity contribution in [3.8, 4) is 0 Å². The van der Waals surface area contributed by atoms with Gasteiger partial charge in [0.2, 0.25) is 11.8 Å². The number of carbonyl (C=O) groups is 2. The zero-order valence-electron chi connectivity index (χ0n) is 23.6. The molecular weight excluding hydrogens is 558 g/mol. The number of anilines is 1. The molecular formula is C32H38ClN3O4S. The second-order valence-corrected chi connectivity index (χ2v) is 12.9. The van der Waals surface area contributed by atoms with E-state index >= 15 is 0 Å². The minimum absolute atomic E-state index is 0.0555. The second kappa shape index (κ2) is 14.0. The Kier molecular flexibility index (Phi) is 10.5. The molecule has 7 nitrogen and oxygen atoms in total. The van der Waals surface area contributed by atoms with Crippen molar-refractivity contribution in [3.05, 3.63) is 95.0 Å². The molecule has 2 amide bonds. The second-order valence-electron chi connectivity index (χ2n) is 10.6. The van der Waals surface area contributed by atoms with Crippen LogP contribution in [0.25, 0.3) is 0 Å². The third-order valence-electron chi connectivity index (χ3n) is 7.52. The summed E-state index contributed by atoms with van der Waals surface area (Å²) in [6, 6.07) is 21.5. The molecule has 0 saturated heterocycles. The van der Waals surface area contributed by atoms with E-state index in [2.05, 4.69) is 5.32 Å². The summed E-state index contributed by atoms with van der Waals surface area (Å²) in [7, 11) is -4.13. The Morgan fingerprint density at radius 3 is 2.27 bits per heavy atom. The summed E-state index contributed by atoms with van der Waals surface area (Å²) < 4.78 is 28.8. The number of amides is 2. The zero-order chi connectivity index (χ0) is 29.4. The summed E-state index contributed by atoms with van der Waals surface area (Å²) in [5.74, 6) is -0.684. The SMILES string of the molecule is CC[C@H](C(=O)NC1CCCCC1)N(Cc1ccc(C)cc1)C(=O)CN(c1cccc(Cl)c1)S(=O)(=O)c1ccccc1. The molecule has 0 aliphatic heterocycles. The van der Waals surface area contributed by atoms with Gasteiger partial charge in [0.25, 0.3) is 10.0 Å². The Hall–Kier alpha value is -3.36. The lowest BCUT2D eigenvalue weighted by Crippen LogP contribution is -2.54. The van der Waals surface area contributed by atoms with Crippen LogP contribution in [0.3, 0.4) is 0 Å². The minimum atomic E-state index is -4.13. The standard InChI is InChI=1S/C32H38ClN3O4S/c1-3-30(32(38)34-27-12-6-4-7-13-27)35(22-25-19-17-24(2)18-20-25)31(37)23-36(28-14-10-11-26(33)21-28)41(39,40)29-15-8-5-9-16-29/h5,8-11,14-21,27,30H,3-4,6-7,12-13,22-23H2,1-2H3,(H,34,38)/t30-/m1/s1. The van der Waals surface area contributed by atoms with E-state index in [0.717, 1.165) is 47.5 Å². The lowest BCUT2D eigenvalue weighted by molar-refractivity contribution is -0.140. The molecule has 0 aromatic heterocycles. The number of halogens is 1. The van der Waals surface area contributed by atoms with Crippen LogP contribution < -0.4 is 9.62 Å². The van der Waals surface area contributed by atoms with Crippen molar-refractivity contribution >= 4 is 39.1 Å². The van der Waals surface area contributed by atoms with Crippen molar-refractivity contribution in [3.63, 3.8) is 0 Å². The molecule has 1 N–H and O–H groups in total. The molecule has 218 valence electrons. The van der Waals surface area contributed by atoms with Gasteiger partial charge in [-0.1, -0.05) is 91.9 Å². The van der Waals surface area contributed by atoms with Gasteiger partial charge in [0.05, 0.1) is 10.6 Å². The van der Waals surface area contributed by atoms with Gasteiger partial charge in [0.15, 0.2) is 0 Å². The Balaban J connectivity index is 1.69. The molecule has 0 heterocycles. The van der Waals surface area contributed by atoms with Crippen LogP contribution in [0.2, 0.25) is 5.02 Å². The van der Waals surface area contributed by atoms with Crippen LogP contribution in [0.4, 0.5) is 5.69 Å². The predicted octanol–water partition coefficient (Wildman–Crippen LogP) is 6.10. The van der Waals surface area contributed by atoms with Crippen molar-refractivity contribution < 1.29 is 18.0 Å². The largest absolute Gasteiger partial charge is 0.352 e. The van der Waals surface area contributed by atoms with Crippen molar-refractivity contribution in [1.82, 2.24) is 10.2 Å². The summed E-state index contributed by atoms with van der Waals surface area (Å²) >= 11 is 6.24. The van der Waals surface area contributed by atoms with Gasteiger partial charge in [0.1, 0.15) is 12.6 Å². The first-order valence-corrected chi connectivity index (χ1v) is 16.0. The smallest absolute Gasteiger partial charge is 0.264 e. The van der Waals surface area contributed by atoms with Crippen molar-refractivity contribution in [2.45, 2.75) is 75.9 Å². The molecule has 0 radical (unpaired) electrons. The number of carbonyl (C=O) groups excluding carboxylic acids is 2. The average Bonchev–Trinajstić information content (AvgIpc) is 2.97. The third kappa shape index (κ3) is 7.89. The van der Waals surface area contributed by atoms with E-state index in [-0.39, 0.29) is 29.1 Å². The van der Waals surface area contributed by atoms with Crippen molar-refractivity contribution in [2.75, 3.05) is 10.8 Å². The van der Waals surface area contributed by atoms with E-state index in [0.29, 0.717) is 11.4 Å². The van der Waals surface area contributed by atoms with Crippen molar-refractivity contribution in [1.29, 1.82) is 0 Å². The molecule has 1 atom stereocenters. The molecule has 1 aliphatic rings. The maximum Gasteiger partial charge on any atom is 0.264 e. The molecule has 0 bridgehead atoms. The van der Waals surface area contributed by atoms with Crippen LogP contribution in [-0.4, -0.2) is 43.8 Å². The van der Waals surface area contributed by atoms with Gasteiger partial charge in [-0.15, -0.1) is 0 Å². The fourth-order valence-electron chi connectivity index (χ4n) is 5.23. The van der Waals surface area contributed by atoms with Gasteiger partial charge in [0, 0.05) is 17.6 Å². The van der Waals surface area contributed by atoms with E-state index in [1.807, 2.05) is 38.1 Å². The maximum atomic E-state index is 14.2. The Bertz CT molecular complexity index is 1420. The van der Waals surface area contributed by atoms with Crippen LogP contribution in [-0.2, 0) is 26.2 Å². The number of benzene rings is 3. The molecule has 41 heavy (non-hydrogen) atoms. The van der Waals surface area contributed by atoms with Crippen molar-refractivity contribution in [2.24, 2.45) is 0 Å². The lowest BCUT2D eigenvalue weighted by atomic mass is 9.95. The Morgan fingerprint density at radius 2 is 1.63 bits per heavy atom. The van der Waals surface area contributed by atoms with Gasteiger partial charge in [-0.2, -0.15) is 0 Å². The summed E-state index contributed by atoms with van der Waals surface area (Å²) in [5.41, 5.74) is 2.20. The van der Waals surface area contributed by atoms with Crippen LogP contribution in [0.1, 0.15) is 56.6 Å². The molecule has 1 aliphatic carbocycles. The number of nitrogens with zero attached hydrogens (tertiary/aromatic N) is 2. The molecule has 1 fully saturated rings. The van der Waals surface area contributed by atoms with E-state index in [9.17, 15) is 18.0 Å². The Morgan fingerprint density at radius 1 is 0.951 bits per heavy atom. The minimum Gasteiger partial charge on any atom is -0.352 e. The van der Waals surface area contributed by atoms with Gasteiger partial charge >= 0.3 is 0 Å². The molecule has 4 rings (SSSR count). The number of hydrogen-bond acceptors (Lipinski definition) is 4. The summed E-state index contributed by atoms with van der Waals surface area (Å²) in [4.78, 5) is 29.3. The summed E-state index contributed by atoms with van der Waals surface area (Å²) in [5, 5.41) is 3.51. The van der Waals surface area contributed by atoms with E-state index in [1.54, 1.807) is 36.4 Å².